The van der Waals surface area contributed by atoms with Crippen molar-refractivity contribution in [1.82, 2.24) is 0 Å². The van der Waals surface area contributed by atoms with Crippen LogP contribution in [0.2, 0.25) is 0 Å². The highest BCUT2D eigenvalue weighted by Gasteiger charge is 2.24. The Labute approximate surface area is 164 Å². The van der Waals surface area contributed by atoms with Crippen LogP contribution in [0.5, 0.6) is 5.75 Å². The van der Waals surface area contributed by atoms with Gasteiger partial charge in [0, 0.05) is 15.3 Å². The van der Waals surface area contributed by atoms with Gasteiger partial charge in [0.1, 0.15) is 5.75 Å². The molecule has 1 unspecified atom stereocenters. The third kappa shape index (κ3) is 9.51. The first-order chi connectivity index (χ1) is 12.7. The number of rotatable bonds is 12. The minimum absolute atomic E-state index is 0.170. The predicted octanol–water partition coefficient (Wildman–Crippen LogP) is 3.91. The van der Waals surface area contributed by atoms with Gasteiger partial charge in [-0.2, -0.15) is 0 Å². The molecule has 0 spiro atoms. The molecule has 0 amide bonds. The number of benzene rings is 1. The third-order valence-electron chi connectivity index (χ3n) is 4.05. The van der Waals surface area contributed by atoms with Gasteiger partial charge >= 0.3 is 7.82 Å². The fourth-order valence-corrected chi connectivity index (χ4v) is 4.03. The van der Waals surface area contributed by atoms with E-state index in [9.17, 15) is 4.57 Å². The van der Waals surface area contributed by atoms with Crippen LogP contribution in [0.15, 0.2) is 42.5 Å². The molecule has 27 heavy (non-hydrogen) atoms. The lowest BCUT2D eigenvalue weighted by Gasteiger charge is -2.24. The molecular formula is C19H28NO5PS. The molecule has 8 heteroatoms. The topological polar surface area (TPSA) is 102 Å². The molecule has 0 saturated carbocycles. The van der Waals surface area contributed by atoms with Gasteiger partial charge < -0.3 is 20.3 Å². The van der Waals surface area contributed by atoms with E-state index >= 15 is 0 Å². The minimum Gasteiger partial charge on any atom is -0.494 e. The number of hydrogen-bond acceptors (Lipinski definition) is 5. The summed E-state index contributed by atoms with van der Waals surface area (Å²) in [5.41, 5.74) is 5.28. The number of aryl methyl sites for hydroxylation is 2. The van der Waals surface area contributed by atoms with E-state index in [4.69, 9.17) is 20.3 Å². The lowest BCUT2D eigenvalue weighted by molar-refractivity contribution is 0.154. The van der Waals surface area contributed by atoms with Crippen LogP contribution in [0.1, 0.15) is 35.9 Å². The van der Waals surface area contributed by atoms with Crippen molar-refractivity contribution in [1.29, 1.82) is 0 Å². The van der Waals surface area contributed by atoms with E-state index in [0.29, 0.717) is 13.0 Å². The van der Waals surface area contributed by atoms with E-state index in [1.54, 1.807) is 18.3 Å². The molecule has 1 heterocycles. The van der Waals surface area contributed by atoms with E-state index in [1.165, 1.54) is 9.75 Å². The Morgan fingerprint density at radius 1 is 1.07 bits per heavy atom. The van der Waals surface area contributed by atoms with Crippen LogP contribution in [0.4, 0.5) is 0 Å². The number of para-hydroxylation sites is 1. The van der Waals surface area contributed by atoms with Gasteiger partial charge in [-0.25, -0.2) is 4.57 Å². The molecule has 2 aromatic rings. The molecule has 0 saturated heterocycles. The zero-order valence-electron chi connectivity index (χ0n) is 15.5. The first-order valence-corrected chi connectivity index (χ1v) is 11.3. The molecule has 0 aliphatic heterocycles. The van der Waals surface area contributed by atoms with E-state index in [-0.39, 0.29) is 6.61 Å². The van der Waals surface area contributed by atoms with Crippen LogP contribution in [-0.2, 0) is 21.9 Å². The summed E-state index contributed by atoms with van der Waals surface area (Å²) in [4.78, 5) is 20.1. The Balaban J connectivity index is 1.64. The van der Waals surface area contributed by atoms with Crippen molar-refractivity contribution >= 4 is 19.2 Å². The van der Waals surface area contributed by atoms with Crippen molar-refractivity contribution in [3.05, 3.63) is 52.2 Å². The van der Waals surface area contributed by atoms with E-state index in [0.717, 1.165) is 31.4 Å². The maximum atomic E-state index is 10.8. The fourth-order valence-electron chi connectivity index (χ4n) is 2.51. The molecule has 0 aliphatic rings. The summed E-state index contributed by atoms with van der Waals surface area (Å²) in [5, 5.41) is 0. The molecule has 0 bridgehead atoms. The molecule has 6 nitrogen and oxygen atoms in total. The Kier molecular flexibility index (Phi) is 8.48. The van der Waals surface area contributed by atoms with E-state index in [1.807, 2.05) is 30.3 Å². The van der Waals surface area contributed by atoms with Crippen molar-refractivity contribution in [3.63, 3.8) is 0 Å². The number of thiophene rings is 1. The van der Waals surface area contributed by atoms with Gasteiger partial charge in [-0.3, -0.25) is 4.52 Å². The van der Waals surface area contributed by atoms with Gasteiger partial charge in [0.25, 0.3) is 0 Å². The van der Waals surface area contributed by atoms with Crippen molar-refractivity contribution in [2.45, 2.75) is 44.6 Å². The Morgan fingerprint density at radius 3 is 2.41 bits per heavy atom. The second-order valence-corrected chi connectivity index (χ2v) is 9.40. The van der Waals surface area contributed by atoms with Crippen molar-refractivity contribution < 1.29 is 23.6 Å². The second-order valence-electron chi connectivity index (χ2n) is 6.90. The first kappa shape index (κ1) is 22.1. The molecule has 0 aliphatic carbocycles. The molecule has 1 aromatic heterocycles. The van der Waals surface area contributed by atoms with E-state index in [2.05, 4.69) is 16.7 Å². The molecule has 0 fully saturated rings. The van der Waals surface area contributed by atoms with Gasteiger partial charge in [0.05, 0.1) is 13.2 Å². The normalized spacial score (nSPS) is 14.1. The zero-order valence-corrected chi connectivity index (χ0v) is 17.3. The molecule has 1 aromatic carbocycles. The zero-order chi connectivity index (χ0) is 19.8. The van der Waals surface area contributed by atoms with Crippen molar-refractivity contribution in [3.8, 4) is 5.75 Å². The summed E-state index contributed by atoms with van der Waals surface area (Å²) in [5.74, 6) is 0.906. The molecular weight excluding hydrogens is 385 g/mol. The maximum Gasteiger partial charge on any atom is 0.469 e. The Hall–Kier alpha value is -1.21. The maximum absolute atomic E-state index is 10.8. The third-order valence-corrected chi connectivity index (χ3v) is 5.72. The van der Waals surface area contributed by atoms with Gasteiger partial charge in [0.15, 0.2) is 0 Å². The number of unbranched alkanes of at least 4 members (excludes halogenated alkanes) is 1. The van der Waals surface area contributed by atoms with Crippen molar-refractivity contribution in [2.24, 2.45) is 5.73 Å². The lowest BCUT2D eigenvalue weighted by atomic mass is 9.98. The van der Waals surface area contributed by atoms with Crippen LogP contribution < -0.4 is 10.5 Å². The Bertz CT molecular complexity index is 729. The SMILES string of the molecule is CC(N)(CCc1ccc(CCCCOc2ccccc2)s1)COP(=O)(O)O. The lowest BCUT2D eigenvalue weighted by Crippen LogP contribution is -2.41. The van der Waals surface area contributed by atoms with Gasteiger partial charge in [0.2, 0.25) is 0 Å². The van der Waals surface area contributed by atoms with Crippen LogP contribution >= 0.6 is 19.2 Å². The first-order valence-electron chi connectivity index (χ1n) is 8.98. The number of ether oxygens (including phenoxy) is 1. The summed E-state index contributed by atoms with van der Waals surface area (Å²) in [6, 6.07) is 14.1. The number of hydrogen-bond donors (Lipinski definition) is 3. The molecule has 0 radical (unpaired) electrons. The quantitative estimate of drug-likeness (QED) is 0.360. The summed E-state index contributed by atoms with van der Waals surface area (Å²) >= 11 is 1.76. The van der Waals surface area contributed by atoms with Crippen LogP contribution in [-0.4, -0.2) is 28.5 Å². The molecule has 150 valence electrons. The van der Waals surface area contributed by atoms with Crippen LogP contribution in [0.25, 0.3) is 0 Å². The standard InChI is InChI=1S/C19H28NO5PS/c1-19(20,15-25-26(21,22)23)13-12-18-11-10-17(27-18)9-5-6-14-24-16-7-3-2-4-8-16/h2-4,7-8,10-11H,5-6,9,12-15,20H2,1H3,(H2,21,22,23). The largest absolute Gasteiger partial charge is 0.494 e. The highest BCUT2D eigenvalue weighted by Crippen LogP contribution is 2.37. The molecule has 2 rings (SSSR count). The fraction of sp³-hybridized carbons (Fsp3) is 0.474. The highest BCUT2D eigenvalue weighted by molar-refractivity contribution is 7.46. The van der Waals surface area contributed by atoms with Crippen LogP contribution in [0, 0.1) is 0 Å². The summed E-state index contributed by atoms with van der Waals surface area (Å²) < 4.78 is 21.0. The van der Waals surface area contributed by atoms with Crippen molar-refractivity contribution in [2.75, 3.05) is 13.2 Å². The predicted molar refractivity (Wildman–Crippen MR) is 108 cm³/mol. The summed E-state index contributed by atoms with van der Waals surface area (Å²) in [6.45, 7) is 2.29. The number of phosphoric acid groups is 1. The average Bonchev–Trinajstić information content (AvgIpc) is 3.07. The monoisotopic (exact) mass is 413 g/mol. The summed E-state index contributed by atoms with van der Waals surface area (Å²) in [7, 11) is -4.48. The minimum atomic E-state index is -4.48. The van der Waals surface area contributed by atoms with E-state index < -0.39 is 13.4 Å². The number of nitrogens with two attached hydrogens (primary N) is 1. The summed E-state index contributed by atoms with van der Waals surface area (Å²) in [6.07, 6.45) is 4.45. The molecule has 1 atom stereocenters. The van der Waals surface area contributed by atoms with Crippen LogP contribution in [0.3, 0.4) is 0 Å². The second kappa shape index (κ2) is 10.4. The number of phosphoric ester groups is 1. The average molecular weight is 413 g/mol. The smallest absolute Gasteiger partial charge is 0.469 e. The van der Waals surface area contributed by atoms with Gasteiger partial charge in [-0.05, 0) is 63.3 Å². The highest BCUT2D eigenvalue weighted by atomic mass is 32.1. The van der Waals surface area contributed by atoms with Gasteiger partial charge in [-0.1, -0.05) is 18.2 Å². The van der Waals surface area contributed by atoms with Gasteiger partial charge in [-0.15, -0.1) is 11.3 Å². The Morgan fingerprint density at radius 2 is 1.74 bits per heavy atom. The molecule has 4 N–H and O–H groups in total.